The fourth-order valence-electron chi connectivity index (χ4n) is 3.76. The van der Waals surface area contributed by atoms with Crippen LogP contribution in [0.2, 0.25) is 0 Å². The quantitative estimate of drug-likeness (QED) is 0.617. The zero-order chi connectivity index (χ0) is 20.7. The lowest BCUT2D eigenvalue weighted by atomic mass is 10.1. The Morgan fingerprint density at radius 1 is 1.17 bits per heavy atom. The maximum Gasteiger partial charge on any atom is 0.240 e. The third-order valence-electron chi connectivity index (χ3n) is 5.39. The van der Waals surface area contributed by atoms with Crippen LogP contribution in [-0.4, -0.2) is 39.6 Å². The van der Waals surface area contributed by atoms with Crippen LogP contribution in [0.3, 0.4) is 0 Å². The number of nitrogens with one attached hydrogen (secondary N) is 1. The molecule has 5 nitrogen and oxygen atoms in total. The molecule has 1 aliphatic rings. The van der Waals surface area contributed by atoms with Crippen molar-refractivity contribution in [2.24, 2.45) is 0 Å². The van der Waals surface area contributed by atoms with Gasteiger partial charge in [0.1, 0.15) is 5.75 Å². The second-order valence-corrected chi connectivity index (χ2v) is 10.2. The maximum absolute atomic E-state index is 13.0. The molecule has 1 aromatic carbocycles. The summed E-state index contributed by atoms with van der Waals surface area (Å²) >= 11 is 1.66. The molecule has 2 heterocycles. The summed E-state index contributed by atoms with van der Waals surface area (Å²) in [4.78, 5) is 2.73. The first kappa shape index (κ1) is 22.3. The maximum atomic E-state index is 13.0. The molecule has 1 aromatic heterocycles. The third kappa shape index (κ3) is 6.04. The Hall–Kier alpha value is -1.41. The van der Waals surface area contributed by atoms with E-state index in [9.17, 15) is 8.42 Å². The first-order valence-electron chi connectivity index (χ1n) is 10.5. The molecule has 1 N–H and O–H groups in total. The molecule has 1 atom stereocenters. The topological polar surface area (TPSA) is 58.6 Å². The second-order valence-electron chi connectivity index (χ2n) is 7.65. The van der Waals surface area contributed by atoms with Gasteiger partial charge in [0.2, 0.25) is 10.0 Å². The van der Waals surface area contributed by atoms with Gasteiger partial charge in [0.05, 0.1) is 11.5 Å². The number of aryl methyl sites for hydroxylation is 1. The van der Waals surface area contributed by atoms with E-state index in [0.717, 1.165) is 30.8 Å². The van der Waals surface area contributed by atoms with Crippen LogP contribution in [0.4, 0.5) is 0 Å². The van der Waals surface area contributed by atoms with Crippen LogP contribution in [-0.2, 0) is 10.0 Å². The molecule has 2 aromatic rings. The highest BCUT2D eigenvalue weighted by Crippen LogP contribution is 2.27. The molecule has 3 rings (SSSR count). The van der Waals surface area contributed by atoms with E-state index in [1.807, 2.05) is 13.8 Å². The number of hydrogen-bond donors (Lipinski definition) is 1. The highest BCUT2D eigenvalue weighted by atomic mass is 32.2. The summed E-state index contributed by atoms with van der Waals surface area (Å²) in [6, 6.07) is 7.26. The zero-order valence-corrected chi connectivity index (χ0v) is 19.0. The van der Waals surface area contributed by atoms with Crippen LogP contribution in [0.15, 0.2) is 39.9 Å². The van der Waals surface area contributed by atoms with Crippen molar-refractivity contribution >= 4 is 21.4 Å². The Balaban J connectivity index is 1.73. The van der Waals surface area contributed by atoms with Crippen molar-refractivity contribution < 1.29 is 13.2 Å². The Morgan fingerprint density at radius 3 is 2.55 bits per heavy atom. The molecule has 0 amide bonds. The van der Waals surface area contributed by atoms with E-state index < -0.39 is 10.0 Å². The van der Waals surface area contributed by atoms with Crippen molar-refractivity contribution in [2.45, 2.75) is 56.9 Å². The van der Waals surface area contributed by atoms with Crippen molar-refractivity contribution in [1.29, 1.82) is 0 Å². The minimum atomic E-state index is -3.58. The van der Waals surface area contributed by atoms with E-state index in [0.29, 0.717) is 18.0 Å². The number of hydrogen-bond acceptors (Lipinski definition) is 5. The minimum Gasteiger partial charge on any atom is -0.493 e. The molecule has 1 saturated heterocycles. The number of nitrogens with zero attached hydrogens (tertiary/aromatic N) is 1. The first-order chi connectivity index (χ1) is 14.0. The van der Waals surface area contributed by atoms with Crippen molar-refractivity contribution in [1.82, 2.24) is 9.62 Å². The van der Waals surface area contributed by atoms with Gasteiger partial charge in [-0.05, 0) is 85.4 Å². The highest BCUT2D eigenvalue weighted by Gasteiger charge is 2.25. The number of rotatable bonds is 9. The van der Waals surface area contributed by atoms with E-state index >= 15 is 0 Å². The summed E-state index contributed by atoms with van der Waals surface area (Å²) in [6.07, 6.45) is 5.77. The van der Waals surface area contributed by atoms with Gasteiger partial charge in [-0.1, -0.05) is 19.8 Å². The normalized spacial score (nSPS) is 17.0. The van der Waals surface area contributed by atoms with Gasteiger partial charge in [0.15, 0.2) is 0 Å². The predicted octanol–water partition coefficient (Wildman–Crippen LogP) is 4.74. The van der Waals surface area contributed by atoms with E-state index in [1.54, 1.807) is 29.5 Å². The van der Waals surface area contributed by atoms with Gasteiger partial charge < -0.3 is 4.74 Å². The van der Waals surface area contributed by atoms with Crippen molar-refractivity contribution in [3.8, 4) is 5.75 Å². The molecule has 0 aliphatic carbocycles. The fraction of sp³-hybridized carbons (Fsp3) is 0.545. The van der Waals surface area contributed by atoms with E-state index in [2.05, 4.69) is 26.4 Å². The lowest BCUT2D eigenvalue weighted by molar-refractivity contribution is 0.206. The fourth-order valence-corrected chi connectivity index (χ4v) is 5.59. The standard InChI is InChI=1S/C22H32N2O3S2/c1-3-13-27-22-9-8-20(15-18(22)2)29(25,26)23-16-21(19-10-14-28-17-19)24-11-6-4-5-7-12-24/h8-10,14-15,17,21,23H,3-7,11-13,16H2,1-2H3. The molecule has 1 aliphatic heterocycles. The van der Waals surface area contributed by atoms with E-state index in [4.69, 9.17) is 4.74 Å². The van der Waals surface area contributed by atoms with Gasteiger partial charge in [-0.25, -0.2) is 13.1 Å². The molecule has 1 unspecified atom stereocenters. The lowest BCUT2D eigenvalue weighted by Gasteiger charge is -2.30. The lowest BCUT2D eigenvalue weighted by Crippen LogP contribution is -2.38. The first-order valence-corrected chi connectivity index (χ1v) is 12.9. The van der Waals surface area contributed by atoms with E-state index in [1.165, 1.54) is 31.2 Å². The number of ether oxygens (including phenoxy) is 1. The average Bonchev–Trinajstić information content (AvgIpc) is 3.10. The molecule has 160 valence electrons. The minimum absolute atomic E-state index is 0.0717. The van der Waals surface area contributed by atoms with Gasteiger partial charge >= 0.3 is 0 Å². The third-order valence-corrected chi connectivity index (χ3v) is 7.52. The molecule has 0 radical (unpaired) electrons. The Kier molecular flexibility index (Phi) is 8.12. The smallest absolute Gasteiger partial charge is 0.240 e. The molecule has 0 bridgehead atoms. The molecular formula is C22H32N2O3S2. The molecule has 7 heteroatoms. The Bertz CT molecular complexity index is 858. The summed E-state index contributed by atoms with van der Waals surface area (Å²) < 4.78 is 34.5. The van der Waals surface area contributed by atoms with Crippen LogP contribution in [0.5, 0.6) is 5.75 Å². The van der Waals surface area contributed by atoms with Crippen molar-refractivity contribution in [2.75, 3.05) is 26.2 Å². The molecular weight excluding hydrogens is 404 g/mol. The largest absolute Gasteiger partial charge is 0.493 e. The van der Waals surface area contributed by atoms with Crippen LogP contribution in [0.1, 0.15) is 56.2 Å². The van der Waals surface area contributed by atoms with Gasteiger partial charge in [-0.2, -0.15) is 11.3 Å². The number of sulfonamides is 1. The van der Waals surface area contributed by atoms with Crippen LogP contribution in [0.25, 0.3) is 0 Å². The number of benzene rings is 1. The second kappa shape index (κ2) is 10.6. The summed E-state index contributed by atoms with van der Waals surface area (Å²) in [5.41, 5.74) is 2.03. The zero-order valence-electron chi connectivity index (χ0n) is 17.4. The van der Waals surface area contributed by atoms with Gasteiger partial charge in [0, 0.05) is 12.6 Å². The average molecular weight is 437 g/mol. The van der Waals surface area contributed by atoms with Crippen LogP contribution < -0.4 is 9.46 Å². The van der Waals surface area contributed by atoms with Gasteiger partial charge in [-0.3, -0.25) is 4.90 Å². The summed E-state index contributed by atoms with van der Waals surface area (Å²) in [5, 5.41) is 4.20. The molecule has 0 saturated carbocycles. The van der Waals surface area contributed by atoms with Crippen LogP contribution in [0, 0.1) is 6.92 Å². The summed E-state index contributed by atoms with van der Waals surface area (Å²) in [6.45, 7) is 6.98. The predicted molar refractivity (Wildman–Crippen MR) is 119 cm³/mol. The molecule has 1 fully saturated rings. The number of thiophene rings is 1. The SMILES string of the molecule is CCCOc1ccc(S(=O)(=O)NCC(c2ccsc2)N2CCCCCC2)cc1C. The Labute approximate surface area is 179 Å². The van der Waals surface area contributed by atoms with Crippen molar-refractivity contribution in [3.05, 3.63) is 46.2 Å². The van der Waals surface area contributed by atoms with Gasteiger partial charge in [-0.15, -0.1) is 0 Å². The highest BCUT2D eigenvalue weighted by molar-refractivity contribution is 7.89. The molecule has 29 heavy (non-hydrogen) atoms. The van der Waals surface area contributed by atoms with E-state index in [-0.39, 0.29) is 6.04 Å². The number of likely N-dealkylation sites (tertiary alicyclic amines) is 1. The molecule has 0 spiro atoms. The Morgan fingerprint density at radius 2 is 1.93 bits per heavy atom. The van der Waals surface area contributed by atoms with Gasteiger partial charge in [0.25, 0.3) is 0 Å². The summed E-state index contributed by atoms with van der Waals surface area (Å²) in [5.74, 6) is 0.742. The monoisotopic (exact) mass is 436 g/mol. The van der Waals surface area contributed by atoms with Crippen LogP contribution >= 0.6 is 11.3 Å². The summed E-state index contributed by atoms with van der Waals surface area (Å²) in [7, 11) is -3.58. The van der Waals surface area contributed by atoms with Crippen molar-refractivity contribution in [3.63, 3.8) is 0 Å².